The minimum Gasteiger partial charge on any atom is -0.296 e. The molecule has 0 heterocycles. The van der Waals surface area contributed by atoms with Gasteiger partial charge in [-0.15, -0.1) is 0 Å². The molecule has 26 heavy (non-hydrogen) atoms. The molecule has 0 amide bonds. The highest BCUT2D eigenvalue weighted by Gasteiger charge is 2.21. The largest absolute Gasteiger partial charge is 0.297 e. The molecule has 0 aliphatic rings. The maximum Gasteiger partial charge on any atom is 0.297 e. The van der Waals surface area contributed by atoms with Crippen LogP contribution in [0.3, 0.4) is 0 Å². The van der Waals surface area contributed by atoms with E-state index in [9.17, 15) is 8.42 Å². The minimum absolute atomic E-state index is 0.0266. The minimum atomic E-state index is -3.81. The molecular weight excluding hydrogens is 350 g/mol. The zero-order chi connectivity index (χ0) is 19.2. The first kappa shape index (κ1) is 20.6. The zero-order valence-corrected chi connectivity index (χ0v) is 16.5. The molecule has 1 N–H and O–H groups in total. The lowest BCUT2D eigenvalue weighted by atomic mass is 10.1. The standard InChI is InChI=1S/C20H27NO4S/c1-16-10-12-19(13-11-16)26(22,23)24-15-18(21-25-20(2,3)4)14-17-8-6-5-7-9-17/h5-13,18,21H,14-15H2,1-4H3/t18-/m0/s1. The van der Waals surface area contributed by atoms with Gasteiger partial charge in [0.1, 0.15) is 0 Å². The third-order valence-electron chi connectivity index (χ3n) is 3.59. The van der Waals surface area contributed by atoms with Crippen LogP contribution in [-0.4, -0.2) is 26.7 Å². The summed E-state index contributed by atoms with van der Waals surface area (Å²) in [5.41, 5.74) is 4.61. The summed E-state index contributed by atoms with van der Waals surface area (Å²) in [6, 6.07) is 16.1. The van der Waals surface area contributed by atoms with Gasteiger partial charge in [0, 0.05) is 0 Å². The molecule has 0 unspecified atom stereocenters. The first-order chi connectivity index (χ1) is 12.2. The third-order valence-corrected chi connectivity index (χ3v) is 4.89. The molecule has 0 spiro atoms. The maximum absolute atomic E-state index is 12.4. The van der Waals surface area contributed by atoms with E-state index in [2.05, 4.69) is 5.48 Å². The van der Waals surface area contributed by atoms with Crippen molar-refractivity contribution >= 4 is 10.1 Å². The van der Waals surface area contributed by atoms with Crippen molar-refractivity contribution in [1.29, 1.82) is 0 Å². The monoisotopic (exact) mass is 377 g/mol. The summed E-state index contributed by atoms with van der Waals surface area (Å²) >= 11 is 0. The van der Waals surface area contributed by atoms with Crippen LogP contribution in [0.5, 0.6) is 0 Å². The Balaban J connectivity index is 2.06. The number of rotatable bonds is 8. The van der Waals surface area contributed by atoms with Crippen molar-refractivity contribution in [2.45, 2.75) is 50.7 Å². The van der Waals surface area contributed by atoms with Crippen LogP contribution in [0.15, 0.2) is 59.5 Å². The number of benzene rings is 2. The van der Waals surface area contributed by atoms with Crippen molar-refractivity contribution in [3.8, 4) is 0 Å². The van der Waals surface area contributed by atoms with Crippen LogP contribution in [0.25, 0.3) is 0 Å². The topological polar surface area (TPSA) is 64.6 Å². The summed E-state index contributed by atoms with van der Waals surface area (Å²) in [7, 11) is -3.81. The van der Waals surface area contributed by atoms with Gasteiger partial charge in [-0.1, -0.05) is 48.0 Å². The summed E-state index contributed by atoms with van der Waals surface area (Å²) in [4.78, 5) is 5.78. The molecule has 5 nitrogen and oxygen atoms in total. The van der Waals surface area contributed by atoms with Gasteiger partial charge in [0.2, 0.25) is 0 Å². The molecule has 0 bridgehead atoms. The summed E-state index contributed by atoms with van der Waals surface area (Å²) in [6.45, 7) is 7.64. The van der Waals surface area contributed by atoms with Gasteiger partial charge in [0.05, 0.1) is 23.1 Å². The summed E-state index contributed by atoms with van der Waals surface area (Å²) in [5, 5.41) is 0. The van der Waals surface area contributed by atoms with E-state index < -0.39 is 15.7 Å². The average molecular weight is 378 g/mol. The maximum atomic E-state index is 12.4. The fraction of sp³-hybridized carbons (Fsp3) is 0.400. The number of hydrogen-bond donors (Lipinski definition) is 1. The summed E-state index contributed by atoms with van der Waals surface area (Å²) in [6.07, 6.45) is 0.584. The van der Waals surface area contributed by atoms with Crippen molar-refractivity contribution in [2.24, 2.45) is 0 Å². The van der Waals surface area contributed by atoms with Crippen molar-refractivity contribution in [1.82, 2.24) is 5.48 Å². The zero-order valence-electron chi connectivity index (χ0n) is 15.7. The van der Waals surface area contributed by atoms with Gasteiger partial charge in [-0.2, -0.15) is 13.9 Å². The van der Waals surface area contributed by atoms with Gasteiger partial charge in [-0.25, -0.2) is 0 Å². The quantitative estimate of drug-likeness (QED) is 0.562. The molecule has 1 atom stereocenters. The Morgan fingerprint density at radius 1 is 1.00 bits per heavy atom. The Kier molecular flexibility index (Phi) is 6.94. The second-order valence-electron chi connectivity index (χ2n) is 7.27. The highest BCUT2D eigenvalue weighted by atomic mass is 32.2. The van der Waals surface area contributed by atoms with E-state index in [0.717, 1.165) is 11.1 Å². The van der Waals surface area contributed by atoms with Gasteiger partial charge in [-0.3, -0.25) is 9.02 Å². The normalized spacial score (nSPS) is 13.5. The lowest BCUT2D eigenvalue weighted by molar-refractivity contribution is -0.0926. The Morgan fingerprint density at radius 3 is 2.19 bits per heavy atom. The molecule has 0 saturated heterocycles. The molecule has 2 aromatic carbocycles. The molecular formula is C20H27NO4S. The van der Waals surface area contributed by atoms with E-state index >= 15 is 0 Å². The number of nitrogens with one attached hydrogen (secondary N) is 1. The van der Waals surface area contributed by atoms with E-state index in [1.54, 1.807) is 24.3 Å². The predicted octanol–water partition coefficient (Wildman–Crippen LogP) is 3.63. The van der Waals surface area contributed by atoms with E-state index in [1.165, 1.54) is 0 Å². The molecule has 0 radical (unpaired) electrons. The molecule has 0 aliphatic heterocycles. The summed E-state index contributed by atoms with van der Waals surface area (Å²) in [5.74, 6) is 0. The van der Waals surface area contributed by atoms with Crippen molar-refractivity contribution in [3.05, 3.63) is 65.7 Å². The lowest BCUT2D eigenvalue weighted by Gasteiger charge is -2.25. The second-order valence-corrected chi connectivity index (χ2v) is 8.89. The predicted molar refractivity (Wildman–Crippen MR) is 102 cm³/mol. The first-order valence-corrected chi connectivity index (χ1v) is 10.0. The first-order valence-electron chi connectivity index (χ1n) is 8.59. The lowest BCUT2D eigenvalue weighted by Crippen LogP contribution is -2.41. The van der Waals surface area contributed by atoms with Crippen LogP contribution in [0.1, 0.15) is 31.9 Å². The molecule has 142 valence electrons. The van der Waals surface area contributed by atoms with Gasteiger partial charge < -0.3 is 0 Å². The molecule has 2 rings (SSSR count). The molecule has 0 aromatic heterocycles. The molecule has 0 saturated carbocycles. The van der Waals surface area contributed by atoms with E-state index in [-0.39, 0.29) is 17.5 Å². The number of aryl methyl sites for hydroxylation is 1. The van der Waals surface area contributed by atoms with Crippen LogP contribution < -0.4 is 5.48 Å². The average Bonchev–Trinajstić information content (AvgIpc) is 2.58. The highest BCUT2D eigenvalue weighted by Crippen LogP contribution is 2.15. The van der Waals surface area contributed by atoms with Crippen LogP contribution in [-0.2, 0) is 25.6 Å². The van der Waals surface area contributed by atoms with Crippen LogP contribution in [0.2, 0.25) is 0 Å². The van der Waals surface area contributed by atoms with E-state index in [4.69, 9.17) is 9.02 Å². The van der Waals surface area contributed by atoms with Crippen molar-refractivity contribution in [2.75, 3.05) is 6.61 Å². The van der Waals surface area contributed by atoms with Crippen LogP contribution >= 0.6 is 0 Å². The molecule has 6 heteroatoms. The van der Waals surface area contributed by atoms with Crippen molar-refractivity contribution < 1.29 is 17.4 Å². The number of hydrogen-bond acceptors (Lipinski definition) is 5. The second kappa shape index (κ2) is 8.77. The van der Waals surface area contributed by atoms with Crippen LogP contribution in [0, 0.1) is 6.92 Å². The smallest absolute Gasteiger partial charge is 0.296 e. The molecule has 0 aliphatic carbocycles. The van der Waals surface area contributed by atoms with Crippen molar-refractivity contribution in [3.63, 3.8) is 0 Å². The Hall–Kier alpha value is -1.73. The third kappa shape index (κ3) is 6.88. The fourth-order valence-electron chi connectivity index (χ4n) is 2.24. The van der Waals surface area contributed by atoms with E-state index in [1.807, 2.05) is 58.0 Å². The van der Waals surface area contributed by atoms with Gasteiger partial charge in [0.15, 0.2) is 0 Å². The highest BCUT2D eigenvalue weighted by molar-refractivity contribution is 7.86. The molecule has 2 aromatic rings. The van der Waals surface area contributed by atoms with Gasteiger partial charge in [0.25, 0.3) is 10.1 Å². The molecule has 0 fully saturated rings. The Morgan fingerprint density at radius 2 is 1.62 bits per heavy atom. The Bertz CT molecular complexity index is 781. The van der Waals surface area contributed by atoms with E-state index in [0.29, 0.717) is 6.42 Å². The van der Waals surface area contributed by atoms with Crippen LogP contribution in [0.4, 0.5) is 0 Å². The fourth-order valence-corrected chi connectivity index (χ4v) is 3.19. The SMILES string of the molecule is Cc1ccc(S(=O)(=O)OC[C@H](Cc2ccccc2)NOC(C)(C)C)cc1. The number of hydroxylamine groups is 1. The van der Waals surface area contributed by atoms with Gasteiger partial charge >= 0.3 is 0 Å². The summed E-state index contributed by atoms with van der Waals surface area (Å²) < 4.78 is 30.1. The van der Waals surface area contributed by atoms with Gasteiger partial charge in [-0.05, 0) is 51.8 Å². The Labute approximate surface area is 156 Å².